The number of carbonyl (C=O) groups is 1. The molecule has 0 atom stereocenters. The van der Waals surface area contributed by atoms with Gasteiger partial charge in [0.1, 0.15) is 0 Å². The third kappa shape index (κ3) is 2.82. The Kier molecular flexibility index (Phi) is 3.14. The Labute approximate surface area is 91.2 Å². The van der Waals surface area contributed by atoms with E-state index in [1.165, 1.54) is 0 Å². The molecule has 0 bridgehead atoms. The van der Waals surface area contributed by atoms with E-state index in [1.54, 1.807) is 12.1 Å². The lowest BCUT2D eigenvalue weighted by Gasteiger charge is -2.16. The van der Waals surface area contributed by atoms with Gasteiger partial charge in [-0.1, -0.05) is 28.1 Å². The molecule has 0 spiro atoms. The van der Waals surface area contributed by atoms with Crippen molar-refractivity contribution in [1.82, 2.24) is 0 Å². The minimum atomic E-state index is -0.418. The molecule has 1 aromatic carbocycles. The first-order valence-electron chi connectivity index (χ1n) is 3.90. The summed E-state index contributed by atoms with van der Waals surface area (Å²) in [5.74, 6) is 0. The average Bonchev–Trinajstić information content (AvgIpc) is 2.03. The Balaban J connectivity index is 3.01. The molecule has 0 amide bonds. The molecule has 0 aliphatic carbocycles. The van der Waals surface area contributed by atoms with Gasteiger partial charge in [0, 0.05) is 9.89 Å². The second kappa shape index (κ2) is 3.81. The third-order valence-electron chi connectivity index (χ3n) is 1.80. The number of benzene rings is 1. The fraction of sp³-hybridized carbons (Fsp3) is 0.300. The van der Waals surface area contributed by atoms with Crippen LogP contribution in [0, 0.1) is 0 Å². The summed E-state index contributed by atoms with van der Waals surface area (Å²) < 4.78 is -0.0686. The molecule has 0 radical (unpaired) electrons. The Morgan fingerprint density at radius 2 is 1.77 bits per heavy atom. The van der Waals surface area contributed by atoms with Gasteiger partial charge in [-0.05, 0) is 43.1 Å². The van der Waals surface area contributed by atoms with Crippen molar-refractivity contribution in [1.29, 1.82) is 0 Å². The summed E-state index contributed by atoms with van der Waals surface area (Å²) in [6, 6.07) is 7.25. The molecule has 70 valence electrons. The molecule has 0 saturated heterocycles. The SMILES string of the molecule is CC(C)(Br)c1ccc(C(=O)Cl)cc1. The van der Waals surface area contributed by atoms with Gasteiger partial charge < -0.3 is 0 Å². The summed E-state index contributed by atoms with van der Waals surface area (Å²) in [4.78, 5) is 10.8. The maximum Gasteiger partial charge on any atom is 0.252 e. The highest BCUT2D eigenvalue weighted by atomic mass is 79.9. The van der Waals surface area contributed by atoms with E-state index >= 15 is 0 Å². The molecule has 1 nitrogen and oxygen atoms in total. The standard InChI is InChI=1S/C10H10BrClO/c1-10(2,11)8-5-3-7(4-6-8)9(12)13/h3-6H,1-2H3. The van der Waals surface area contributed by atoms with E-state index in [4.69, 9.17) is 11.6 Å². The maximum absolute atomic E-state index is 10.8. The Hall–Kier alpha value is -0.340. The van der Waals surface area contributed by atoms with Crippen LogP contribution in [0.5, 0.6) is 0 Å². The van der Waals surface area contributed by atoms with Crippen LogP contribution in [0.3, 0.4) is 0 Å². The lowest BCUT2D eigenvalue weighted by Crippen LogP contribution is -2.06. The minimum absolute atomic E-state index is 0.0686. The summed E-state index contributed by atoms with van der Waals surface area (Å²) in [7, 11) is 0. The highest BCUT2D eigenvalue weighted by Gasteiger charge is 2.15. The summed E-state index contributed by atoms with van der Waals surface area (Å²) in [6.07, 6.45) is 0. The number of carbonyl (C=O) groups excluding carboxylic acids is 1. The lowest BCUT2D eigenvalue weighted by atomic mass is 10.0. The van der Waals surface area contributed by atoms with Gasteiger partial charge in [-0.2, -0.15) is 0 Å². The van der Waals surface area contributed by atoms with Crippen LogP contribution in [-0.2, 0) is 4.32 Å². The predicted molar refractivity (Wildman–Crippen MR) is 58.6 cm³/mol. The van der Waals surface area contributed by atoms with Crippen molar-refractivity contribution in [2.75, 3.05) is 0 Å². The molecule has 0 saturated carbocycles. The molecule has 13 heavy (non-hydrogen) atoms. The quantitative estimate of drug-likeness (QED) is 0.586. The number of halogens is 2. The second-order valence-corrected chi connectivity index (χ2v) is 5.65. The summed E-state index contributed by atoms with van der Waals surface area (Å²) >= 11 is 8.85. The van der Waals surface area contributed by atoms with Crippen LogP contribution in [-0.4, -0.2) is 5.24 Å². The maximum atomic E-state index is 10.8. The summed E-state index contributed by atoms with van der Waals surface area (Å²) in [5.41, 5.74) is 1.65. The Morgan fingerprint density at radius 3 is 2.08 bits per heavy atom. The zero-order chi connectivity index (χ0) is 10.1. The molecule has 0 aliphatic heterocycles. The zero-order valence-electron chi connectivity index (χ0n) is 7.47. The van der Waals surface area contributed by atoms with Crippen LogP contribution in [0.4, 0.5) is 0 Å². The molecule has 0 N–H and O–H groups in total. The van der Waals surface area contributed by atoms with Crippen molar-refractivity contribution in [2.45, 2.75) is 18.2 Å². The molecule has 0 aromatic heterocycles. The third-order valence-corrected chi connectivity index (χ3v) is 2.47. The smallest absolute Gasteiger partial charge is 0.252 e. The predicted octanol–water partition coefficient (Wildman–Crippen LogP) is 3.70. The first kappa shape index (κ1) is 10.7. The van der Waals surface area contributed by atoms with Crippen LogP contribution in [0.15, 0.2) is 24.3 Å². The van der Waals surface area contributed by atoms with Gasteiger partial charge in [-0.25, -0.2) is 0 Å². The number of hydrogen-bond donors (Lipinski definition) is 0. The molecule has 0 heterocycles. The molecule has 0 unspecified atom stereocenters. The molecular weight excluding hydrogens is 251 g/mol. The van der Waals surface area contributed by atoms with Gasteiger partial charge in [0.15, 0.2) is 0 Å². The van der Waals surface area contributed by atoms with Gasteiger partial charge in [-0.15, -0.1) is 0 Å². The number of rotatable bonds is 2. The average molecular weight is 262 g/mol. The van der Waals surface area contributed by atoms with Crippen LogP contribution in [0.1, 0.15) is 29.8 Å². The van der Waals surface area contributed by atoms with Gasteiger partial charge in [-0.3, -0.25) is 4.79 Å². The first-order valence-corrected chi connectivity index (χ1v) is 5.07. The van der Waals surface area contributed by atoms with Crippen molar-refractivity contribution in [2.24, 2.45) is 0 Å². The van der Waals surface area contributed by atoms with Crippen molar-refractivity contribution in [3.63, 3.8) is 0 Å². The van der Waals surface area contributed by atoms with Crippen LogP contribution >= 0.6 is 27.5 Å². The van der Waals surface area contributed by atoms with Crippen molar-refractivity contribution in [3.8, 4) is 0 Å². The van der Waals surface area contributed by atoms with Crippen LogP contribution in [0.2, 0.25) is 0 Å². The summed E-state index contributed by atoms with van der Waals surface area (Å²) in [5, 5.41) is -0.418. The fourth-order valence-corrected chi connectivity index (χ4v) is 1.39. The molecule has 1 rings (SSSR count). The normalized spacial score (nSPS) is 11.4. The van der Waals surface area contributed by atoms with E-state index in [-0.39, 0.29) is 4.32 Å². The minimum Gasteiger partial charge on any atom is -0.276 e. The second-order valence-electron chi connectivity index (χ2n) is 3.32. The van der Waals surface area contributed by atoms with Crippen LogP contribution < -0.4 is 0 Å². The first-order chi connectivity index (χ1) is 5.91. The number of hydrogen-bond acceptors (Lipinski definition) is 1. The van der Waals surface area contributed by atoms with Crippen LogP contribution in [0.25, 0.3) is 0 Å². The van der Waals surface area contributed by atoms with Gasteiger partial charge in [0.2, 0.25) is 0 Å². The fourth-order valence-electron chi connectivity index (χ4n) is 0.998. The largest absolute Gasteiger partial charge is 0.276 e. The topological polar surface area (TPSA) is 17.1 Å². The van der Waals surface area contributed by atoms with Crippen molar-refractivity contribution in [3.05, 3.63) is 35.4 Å². The van der Waals surface area contributed by atoms with E-state index in [9.17, 15) is 4.79 Å². The molecular formula is C10H10BrClO. The van der Waals surface area contributed by atoms with Gasteiger partial charge in [0.25, 0.3) is 5.24 Å². The zero-order valence-corrected chi connectivity index (χ0v) is 9.82. The molecule has 0 fully saturated rings. The van der Waals surface area contributed by atoms with E-state index < -0.39 is 5.24 Å². The van der Waals surface area contributed by atoms with Gasteiger partial charge in [0.05, 0.1) is 0 Å². The Bertz CT molecular complexity index is 311. The highest BCUT2D eigenvalue weighted by Crippen LogP contribution is 2.29. The highest BCUT2D eigenvalue weighted by molar-refractivity contribution is 9.09. The van der Waals surface area contributed by atoms with E-state index in [2.05, 4.69) is 15.9 Å². The monoisotopic (exact) mass is 260 g/mol. The van der Waals surface area contributed by atoms with E-state index in [0.717, 1.165) is 5.56 Å². The van der Waals surface area contributed by atoms with Gasteiger partial charge >= 0.3 is 0 Å². The van der Waals surface area contributed by atoms with E-state index in [1.807, 2.05) is 26.0 Å². The lowest BCUT2D eigenvalue weighted by molar-refractivity contribution is 0.108. The van der Waals surface area contributed by atoms with E-state index in [0.29, 0.717) is 5.56 Å². The molecule has 3 heteroatoms. The van der Waals surface area contributed by atoms with Crippen molar-refractivity contribution < 1.29 is 4.79 Å². The van der Waals surface area contributed by atoms with Crippen molar-refractivity contribution >= 4 is 32.8 Å². The summed E-state index contributed by atoms with van der Waals surface area (Å²) in [6.45, 7) is 4.09. The number of alkyl halides is 1. The Morgan fingerprint density at radius 1 is 1.31 bits per heavy atom. The molecule has 0 aliphatic rings. The molecule has 1 aromatic rings.